The predicted molar refractivity (Wildman–Crippen MR) is 134 cm³/mol. The van der Waals surface area contributed by atoms with Crippen LogP contribution in [0.3, 0.4) is 0 Å². The summed E-state index contributed by atoms with van der Waals surface area (Å²) in [5.74, 6) is -0.444. The van der Waals surface area contributed by atoms with Gasteiger partial charge in [-0.2, -0.15) is 0 Å². The van der Waals surface area contributed by atoms with E-state index in [0.717, 1.165) is 35.0 Å². The number of ketones is 1. The molecule has 1 amide bonds. The molecule has 5 rings (SSSR count). The Kier molecular flexibility index (Phi) is 5.94. The summed E-state index contributed by atoms with van der Waals surface area (Å²) in [7, 11) is 0. The number of aromatic amines is 1. The van der Waals surface area contributed by atoms with Crippen molar-refractivity contribution in [3.05, 3.63) is 89.2 Å². The molecule has 2 atom stereocenters. The molecule has 2 aromatic heterocycles. The molecule has 2 heterocycles. The second-order valence-electron chi connectivity index (χ2n) is 8.85. The number of Topliss-reactive ketones (excluding diaryl/α,β-unsaturated/α-hetero) is 1. The summed E-state index contributed by atoms with van der Waals surface area (Å²) in [5, 5.41) is 4.50. The number of amides is 1. The molecule has 0 spiro atoms. The first-order chi connectivity index (χ1) is 16.4. The van der Waals surface area contributed by atoms with E-state index in [9.17, 15) is 9.59 Å². The van der Waals surface area contributed by atoms with E-state index < -0.39 is 11.6 Å². The lowest BCUT2D eigenvalue weighted by Crippen LogP contribution is -2.64. The van der Waals surface area contributed by atoms with Gasteiger partial charge in [-0.1, -0.05) is 42.6 Å². The molecule has 4 aromatic rings. The molecule has 0 bridgehead atoms. The van der Waals surface area contributed by atoms with Crippen LogP contribution in [0.2, 0.25) is 5.02 Å². The maximum absolute atomic E-state index is 13.6. The van der Waals surface area contributed by atoms with Crippen molar-refractivity contribution in [2.45, 2.75) is 37.3 Å². The van der Waals surface area contributed by atoms with Crippen molar-refractivity contribution < 1.29 is 9.59 Å². The first kappa shape index (κ1) is 22.3. The molecule has 0 radical (unpaired) electrons. The molecular weight excluding hydrogens is 448 g/mol. The van der Waals surface area contributed by atoms with Crippen molar-refractivity contribution in [1.29, 1.82) is 0 Å². The summed E-state index contributed by atoms with van der Waals surface area (Å²) in [6, 6.07) is 19.7. The molecule has 34 heavy (non-hydrogen) atoms. The second kappa shape index (κ2) is 9.05. The van der Waals surface area contributed by atoms with Crippen LogP contribution in [-0.2, 0) is 0 Å². The number of hydrogen-bond acceptors (Lipinski definition) is 4. The Labute approximate surface area is 202 Å². The largest absolute Gasteiger partial charge is 0.352 e. The number of nitrogens with one attached hydrogen (secondary N) is 2. The van der Waals surface area contributed by atoms with Crippen LogP contribution in [0, 0.1) is 0 Å². The maximum atomic E-state index is 13.6. The fraction of sp³-hybridized carbons (Fsp3) is 0.222. The lowest BCUT2D eigenvalue weighted by Gasteiger charge is -2.40. The Morgan fingerprint density at radius 2 is 1.88 bits per heavy atom. The molecule has 172 valence electrons. The third-order valence-electron chi connectivity index (χ3n) is 6.62. The Bertz CT molecular complexity index is 1350. The summed E-state index contributed by atoms with van der Waals surface area (Å²) < 4.78 is 0. The van der Waals surface area contributed by atoms with Crippen molar-refractivity contribution in [3.8, 4) is 11.3 Å². The van der Waals surface area contributed by atoms with Gasteiger partial charge in [-0.15, -0.1) is 0 Å². The molecule has 6 nitrogen and oxygen atoms in total. The van der Waals surface area contributed by atoms with E-state index in [-0.39, 0.29) is 11.7 Å². The number of carbonyl (C=O) groups is 2. The van der Waals surface area contributed by atoms with E-state index in [1.54, 1.807) is 30.5 Å². The van der Waals surface area contributed by atoms with Crippen LogP contribution in [0.15, 0.2) is 72.9 Å². The zero-order valence-electron chi connectivity index (χ0n) is 18.6. The average molecular weight is 473 g/mol. The zero-order chi connectivity index (χ0) is 23.7. The molecule has 1 aliphatic carbocycles. The van der Waals surface area contributed by atoms with Gasteiger partial charge in [-0.3, -0.25) is 14.6 Å². The fourth-order valence-electron chi connectivity index (χ4n) is 4.71. The van der Waals surface area contributed by atoms with Crippen LogP contribution in [0.4, 0.5) is 0 Å². The van der Waals surface area contributed by atoms with Crippen LogP contribution < -0.4 is 11.1 Å². The molecular formula is C27H25ClN4O2. The molecule has 2 aromatic carbocycles. The average Bonchev–Trinajstić information content (AvgIpc) is 3.28. The Balaban J connectivity index is 1.36. The number of carbonyl (C=O) groups excluding carboxylic acids is 2. The second-order valence-corrected chi connectivity index (χ2v) is 9.28. The van der Waals surface area contributed by atoms with E-state index in [0.29, 0.717) is 29.1 Å². The SMILES string of the molecule is NC1(C(=O)c2cc3cc(Cl)ccc3[nH]2)CCCCC1NC(=O)c1ccc(-c2ccccn2)cc1. The van der Waals surface area contributed by atoms with Crippen LogP contribution in [0.1, 0.15) is 46.5 Å². The minimum Gasteiger partial charge on any atom is -0.352 e. The third-order valence-corrected chi connectivity index (χ3v) is 6.85. The monoisotopic (exact) mass is 472 g/mol. The van der Waals surface area contributed by atoms with E-state index >= 15 is 0 Å². The number of fused-ring (bicyclic) bond motifs is 1. The molecule has 2 unspecified atom stereocenters. The number of nitrogens with zero attached hydrogens (tertiary/aromatic N) is 1. The predicted octanol–water partition coefficient (Wildman–Crippen LogP) is 5.14. The van der Waals surface area contributed by atoms with Gasteiger partial charge in [0.15, 0.2) is 0 Å². The van der Waals surface area contributed by atoms with Gasteiger partial charge in [0.05, 0.1) is 17.4 Å². The number of rotatable bonds is 5. The smallest absolute Gasteiger partial charge is 0.251 e. The van der Waals surface area contributed by atoms with Gasteiger partial charge < -0.3 is 16.0 Å². The molecule has 7 heteroatoms. The van der Waals surface area contributed by atoms with Crippen LogP contribution >= 0.6 is 11.6 Å². The molecule has 0 saturated heterocycles. The molecule has 4 N–H and O–H groups in total. The number of nitrogens with two attached hydrogens (primary N) is 1. The number of benzene rings is 2. The summed E-state index contributed by atoms with van der Waals surface area (Å²) in [6.07, 6.45) is 4.62. The van der Waals surface area contributed by atoms with Gasteiger partial charge in [0.2, 0.25) is 5.78 Å². The van der Waals surface area contributed by atoms with Crippen LogP contribution in [-0.4, -0.2) is 33.2 Å². The van der Waals surface area contributed by atoms with E-state index in [1.165, 1.54) is 0 Å². The summed E-state index contributed by atoms with van der Waals surface area (Å²) in [6.45, 7) is 0. The van der Waals surface area contributed by atoms with Crippen molar-refractivity contribution in [2.75, 3.05) is 0 Å². The fourth-order valence-corrected chi connectivity index (χ4v) is 4.90. The first-order valence-corrected chi connectivity index (χ1v) is 11.8. The highest BCUT2D eigenvalue weighted by molar-refractivity contribution is 6.31. The number of aromatic nitrogens is 2. The van der Waals surface area contributed by atoms with Gasteiger partial charge in [0.1, 0.15) is 5.54 Å². The Morgan fingerprint density at radius 3 is 2.65 bits per heavy atom. The Hall–Kier alpha value is -3.48. The highest BCUT2D eigenvalue weighted by Crippen LogP contribution is 2.31. The van der Waals surface area contributed by atoms with Crippen molar-refractivity contribution in [2.24, 2.45) is 5.73 Å². The zero-order valence-corrected chi connectivity index (χ0v) is 19.3. The standard InChI is InChI=1S/C27H25ClN4O2/c28-20-11-12-22-19(15-20)16-23(31-22)25(33)27(29)13-3-1-6-24(27)32-26(34)18-9-7-17(8-10-18)21-5-2-4-14-30-21/h2,4-5,7-12,14-16,24,31H,1,3,6,13,29H2,(H,32,34). The first-order valence-electron chi connectivity index (χ1n) is 11.4. The van der Waals surface area contributed by atoms with Crippen molar-refractivity contribution in [1.82, 2.24) is 15.3 Å². The van der Waals surface area contributed by atoms with E-state index in [1.807, 2.05) is 42.5 Å². The highest BCUT2D eigenvalue weighted by Gasteiger charge is 2.45. The molecule has 1 fully saturated rings. The topological polar surface area (TPSA) is 101 Å². The molecule has 1 saturated carbocycles. The molecule has 1 aliphatic rings. The van der Waals surface area contributed by atoms with Crippen LogP contribution in [0.5, 0.6) is 0 Å². The molecule has 0 aliphatic heterocycles. The highest BCUT2D eigenvalue weighted by atomic mass is 35.5. The van der Waals surface area contributed by atoms with E-state index in [2.05, 4.69) is 15.3 Å². The number of H-pyrrole nitrogens is 1. The minimum absolute atomic E-state index is 0.199. The third kappa shape index (κ3) is 4.22. The number of hydrogen-bond donors (Lipinski definition) is 3. The summed E-state index contributed by atoms with van der Waals surface area (Å²) in [5.41, 5.74) is 9.08. The maximum Gasteiger partial charge on any atom is 0.251 e. The number of pyridine rings is 1. The van der Waals surface area contributed by atoms with E-state index in [4.69, 9.17) is 17.3 Å². The Morgan fingerprint density at radius 1 is 1.06 bits per heavy atom. The van der Waals surface area contributed by atoms with Crippen LogP contribution in [0.25, 0.3) is 22.2 Å². The van der Waals surface area contributed by atoms with Crippen molar-refractivity contribution in [3.63, 3.8) is 0 Å². The number of halogens is 1. The van der Waals surface area contributed by atoms with Gasteiger partial charge >= 0.3 is 0 Å². The quantitative estimate of drug-likeness (QED) is 0.350. The van der Waals surface area contributed by atoms with Gasteiger partial charge in [-0.05, 0) is 61.4 Å². The summed E-state index contributed by atoms with van der Waals surface area (Å²) in [4.78, 5) is 34.1. The lowest BCUT2D eigenvalue weighted by atomic mass is 9.74. The van der Waals surface area contributed by atoms with Gasteiger partial charge in [0.25, 0.3) is 5.91 Å². The minimum atomic E-state index is -1.19. The normalized spacial score (nSPS) is 20.2. The van der Waals surface area contributed by atoms with Gasteiger partial charge in [0, 0.05) is 33.2 Å². The summed E-state index contributed by atoms with van der Waals surface area (Å²) >= 11 is 6.09. The van der Waals surface area contributed by atoms with Crippen molar-refractivity contribution >= 4 is 34.2 Å². The lowest BCUT2D eigenvalue weighted by molar-refractivity contribution is 0.0755. The van der Waals surface area contributed by atoms with Gasteiger partial charge in [-0.25, -0.2) is 0 Å².